The van der Waals surface area contributed by atoms with Crippen LogP contribution in [0.5, 0.6) is 5.75 Å². The largest absolute Gasteiger partial charge is 0.496 e. The number of anilines is 1. The van der Waals surface area contributed by atoms with Crippen molar-refractivity contribution in [2.24, 2.45) is 0 Å². The number of hydrogen-bond acceptors (Lipinski definition) is 6. The van der Waals surface area contributed by atoms with Gasteiger partial charge >= 0.3 is 12.0 Å². The van der Waals surface area contributed by atoms with Gasteiger partial charge in [-0.1, -0.05) is 34.1 Å². The van der Waals surface area contributed by atoms with Crippen LogP contribution in [0.3, 0.4) is 0 Å². The summed E-state index contributed by atoms with van der Waals surface area (Å²) in [6, 6.07) is 14.4. The minimum Gasteiger partial charge on any atom is -0.496 e. The van der Waals surface area contributed by atoms with Gasteiger partial charge in [-0.05, 0) is 66.6 Å². The maximum Gasteiger partial charge on any atom is 0.338 e. The molecule has 1 heterocycles. The number of nitrogens with one attached hydrogen (secondary N) is 1. The van der Waals surface area contributed by atoms with Crippen molar-refractivity contribution in [1.82, 2.24) is 5.32 Å². The first-order valence-corrected chi connectivity index (χ1v) is 12.3. The summed E-state index contributed by atoms with van der Waals surface area (Å²) >= 11 is 3.48. The van der Waals surface area contributed by atoms with Crippen molar-refractivity contribution >= 4 is 51.5 Å². The fraction of sp³-hybridized carbons (Fsp3) is 0.143. The third-order valence-corrected chi connectivity index (χ3v) is 6.48. The molecule has 1 N–H and O–H groups in total. The smallest absolute Gasteiger partial charge is 0.338 e. The van der Waals surface area contributed by atoms with Crippen LogP contribution in [-0.4, -0.2) is 37.5 Å². The number of barbiturate groups is 1. The van der Waals surface area contributed by atoms with Crippen LogP contribution in [0.2, 0.25) is 0 Å². The molecule has 0 radical (unpaired) electrons. The normalized spacial score (nSPS) is 14.5. The molecule has 0 aliphatic carbocycles. The first-order chi connectivity index (χ1) is 18.2. The molecule has 0 unspecified atom stereocenters. The summed E-state index contributed by atoms with van der Waals surface area (Å²) in [5, 5.41) is 2.16. The molecule has 0 bridgehead atoms. The van der Waals surface area contributed by atoms with E-state index < -0.39 is 23.8 Å². The number of halogens is 2. The summed E-state index contributed by atoms with van der Waals surface area (Å²) in [5.74, 6) is -2.17. The molecule has 0 atom stereocenters. The number of imide groups is 2. The average Bonchev–Trinajstić information content (AvgIpc) is 2.89. The van der Waals surface area contributed by atoms with Gasteiger partial charge in [0, 0.05) is 16.5 Å². The summed E-state index contributed by atoms with van der Waals surface area (Å²) in [6.45, 7) is 1.88. The monoisotopic (exact) mass is 580 g/mol. The number of esters is 1. The lowest BCUT2D eigenvalue weighted by Crippen LogP contribution is -2.54. The molecule has 10 heteroatoms. The molecule has 1 aliphatic heterocycles. The van der Waals surface area contributed by atoms with Crippen LogP contribution in [0.25, 0.3) is 6.08 Å². The minimum absolute atomic E-state index is 0.165. The molecule has 4 amide bonds. The topological polar surface area (TPSA) is 102 Å². The molecule has 194 valence electrons. The zero-order valence-corrected chi connectivity index (χ0v) is 22.0. The lowest BCUT2D eigenvalue weighted by Gasteiger charge is -2.26. The molecule has 3 aromatic carbocycles. The average molecular weight is 581 g/mol. The summed E-state index contributed by atoms with van der Waals surface area (Å²) in [4.78, 5) is 51.1. The number of nitrogens with zero attached hydrogens (tertiary/aromatic N) is 1. The Morgan fingerprint density at radius 2 is 1.79 bits per heavy atom. The van der Waals surface area contributed by atoms with Crippen LogP contribution < -0.4 is 15.0 Å². The Morgan fingerprint density at radius 3 is 2.45 bits per heavy atom. The number of urea groups is 1. The van der Waals surface area contributed by atoms with Gasteiger partial charge in [0.1, 0.15) is 17.1 Å². The Morgan fingerprint density at radius 1 is 1.08 bits per heavy atom. The number of hydrogen-bond donors (Lipinski definition) is 1. The van der Waals surface area contributed by atoms with Crippen LogP contribution >= 0.6 is 15.9 Å². The van der Waals surface area contributed by atoms with E-state index in [1.807, 2.05) is 0 Å². The molecule has 8 nitrogen and oxygen atoms in total. The lowest BCUT2D eigenvalue weighted by molar-refractivity contribution is -0.122. The summed E-state index contributed by atoms with van der Waals surface area (Å²) < 4.78 is 25.3. The minimum atomic E-state index is -0.917. The molecule has 1 aliphatic rings. The highest BCUT2D eigenvalue weighted by Gasteiger charge is 2.37. The molecule has 1 fully saturated rings. The van der Waals surface area contributed by atoms with E-state index in [4.69, 9.17) is 9.47 Å². The van der Waals surface area contributed by atoms with Gasteiger partial charge in [0.25, 0.3) is 11.8 Å². The second-order valence-corrected chi connectivity index (χ2v) is 9.03. The van der Waals surface area contributed by atoms with E-state index >= 15 is 0 Å². The highest BCUT2D eigenvalue weighted by Crippen LogP contribution is 2.33. The first-order valence-electron chi connectivity index (χ1n) is 11.5. The third-order valence-electron chi connectivity index (χ3n) is 5.77. The second kappa shape index (κ2) is 11.4. The van der Waals surface area contributed by atoms with Crippen molar-refractivity contribution in [3.8, 4) is 5.75 Å². The van der Waals surface area contributed by atoms with E-state index in [0.29, 0.717) is 26.9 Å². The Hall–Kier alpha value is -4.31. The van der Waals surface area contributed by atoms with Crippen molar-refractivity contribution in [3.05, 3.63) is 98.8 Å². The fourth-order valence-corrected chi connectivity index (χ4v) is 4.52. The zero-order chi connectivity index (χ0) is 27.4. The molecule has 38 heavy (non-hydrogen) atoms. The van der Waals surface area contributed by atoms with Crippen LogP contribution in [0.15, 0.2) is 70.7 Å². The molecular formula is C28H22BrFN2O6. The van der Waals surface area contributed by atoms with Crippen LogP contribution in [0, 0.1) is 5.82 Å². The third kappa shape index (κ3) is 5.50. The maximum atomic E-state index is 14.2. The van der Waals surface area contributed by atoms with E-state index in [2.05, 4.69) is 21.2 Å². The Bertz CT molecular complexity index is 1470. The van der Waals surface area contributed by atoms with E-state index in [0.717, 1.165) is 4.90 Å². The first kappa shape index (κ1) is 26.7. The van der Waals surface area contributed by atoms with Gasteiger partial charge in [0.05, 0.1) is 25.0 Å². The predicted molar refractivity (Wildman–Crippen MR) is 141 cm³/mol. The van der Waals surface area contributed by atoms with Gasteiger partial charge in [-0.2, -0.15) is 0 Å². The SMILES string of the molecule is CCOC(=O)c1ccc(N2C(=O)NC(=O)/C(=C\c3cc(Br)c(Cc4ccccc4F)c(OC)c3)C2=O)cc1. The molecule has 0 spiro atoms. The quantitative estimate of drug-likeness (QED) is 0.239. The number of rotatable bonds is 7. The lowest BCUT2D eigenvalue weighted by atomic mass is 10.00. The van der Waals surface area contributed by atoms with E-state index in [-0.39, 0.29) is 35.7 Å². The summed E-state index contributed by atoms with van der Waals surface area (Å²) in [5.41, 5.74) is 1.73. The van der Waals surface area contributed by atoms with E-state index in [1.54, 1.807) is 37.3 Å². The number of benzene rings is 3. The van der Waals surface area contributed by atoms with Crippen molar-refractivity contribution < 1.29 is 33.0 Å². The predicted octanol–water partition coefficient (Wildman–Crippen LogP) is 5.03. The number of carbonyl (C=O) groups is 4. The maximum absolute atomic E-state index is 14.2. The van der Waals surface area contributed by atoms with Gasteiger partial charge in [-0.25, -0.2) is 18.9 Å². The number of carbonyl (C=O) groups excluding carboxylic acids is 4. The van der Waals surface area contributed by atoms with Gasteiger partial charge in [-0.15, -0.1) is 0 Å². The van der Waals surface area contributed by atoms with Gasteiger partial charge in [-0.3, -0.25) is 14.9 Å². The van der Waals surface area contributed by atoms with Crippen LogP contribution in [-0.2, 0) is 20.7 Å². The molecular weight excluding hydrogens is 559 g/mol. The highest BCUT2D eigenvalue weighted by atomic mass is 79.9. The fourth-order valence-electron chi connectivity index (χ4n) is 3.92. The summed E-state index contributed by atoms with van der Waals surface area (Å²) in [7, 11) is 1.46. The standard InChI is InChI=1S/C28H22BrFN2O6/c1-3-38-27(35)17-8-10-19(11-9-17)32-26(34)21(25(33)31-28(32)36)12-16-13-22(29)20(24(14-16)37-2)15-18-6-4-5-7-23(18)30/h4-14H,3,15H2,1-2H3,(H,31,33,36)/b21-12+. The highest BCUT2D eigenvalue weighted by molar-refractivity contribution is 9.10. The van der Waals surface area contributed by atoms with Crippen molar-refractivity contribution in [3.63, 3.8) is 0 Å². The van der Waals surface area contributed by atoms with Crippen molar-refractivity contribution in [1.29, 1.82) is 0 Å². The number of amides is 4. The molecule has 3 aromatic rings. The van der Waals surface area contributed by atoms with Gasteiger partial charge < -0.3 is 9.47 Å². The number of methoxy groups -OCH3 is 1. The van der Waals surface area contributed by atoms with Crippen LogP contribution in [0.4, 0.5) is 14.9 Å². The van der Waals surface area contributed by atoms with Gasteiger partial charge in [0.15, 0.2) is 0 Å². The molecule has 0 aromatic heterocycles. The molecule has 0 saturated carbocycles. The van der Waals surface area contributed by atoms with Gasteiger partial charge in [0.2, 0.25) is 0 Å². The van der Waals surface area contributed by atoms with Crippen molar-refractivity contribution in [2.45, 2.75) is 13.3 Å². The Labute approximate surface area is 226 Å². The summed E-state index contributed by atoms with van der Waals surface area (Å²) in [6.07, 6.45) is 1.58. The number of ether oxygens (including phenoxy) is 2. The van der Waals surface area contributed by atoms with Crippen molar-refractivity contribution in [2.75, 3.05) is 18.6 Å². The molecule has 4 rings (SSSR count). The van der Waals surface area contributed by atoms with E-state index in [9.17, 15) is 23.6 Å². The molecule has 1 saturated heterocycles. The second-order valence-electron chi connectivity index (χ2n) is 8.18. The Kier molecular flexibility index (Phi) is 8.02. The van der Waals surface area contributed by atoms with Crippen LogP contribution in [0.1, 0.15) is 34.0 Å². The van der Waals surface area contributed by atoms with E-state index in [1.165, 1.54) is 43.5 Å². The zero-order valence-electron chi connectivity index (χ0n) is 20.4. The Balaban J connectivity index is 1.66.